The van der Waals surface area contributed by atoms with Crippen LogP contribution in [0.2, 0.25) is 0 Å². The van der Waals surface area contributed by atoms with Gasteiger partial charge in [0.05, 0.1) is 6.54 Å². The molecule has 2 fully saturated rings. The van der Waals surface area contributed by atoms with E-state index in [0.29, 0.717) is 24.1 Å². The van der Waals surface area contributed by atoms with E-state index in [4.69, 9.17) is 4.99 Å². The molecule has 1 aliphatic carbocycles. The molecule has 1 saturated carbocycles. The summed E-state index contributed by atoms with van der Waals surface area (Å²) in [7, 11) is 0. The number of benzene rings is 1. The predicted octanol–water partition coefficient (Wildman–Crippen LogP) is 2.65. The lowest BCUT2D eigenvalue weighted by Crippen LogP contribution is -2.41. The highest BCUT2D eigenvalue weighted by molar-refractivity contribution is 5.94. The predicted molar refractivity (Wildman–Crippen MR) is 102 cm³/mol. The smallest absolute Gasteiger partial charge is 0.251 e. The molecule has 1 aromatic rings. The molecule has 0 aromatic heterocycles. The van der Waals surface area contributed by atoms with Gasteiger partial charge in [0.1, 0.15) is 0 Å². The fourth-order valence-electron chi connectivity index (χ4n) is 4.10. The van der Waals surface area contributed by atoms with Crippen molar-refractivity contribution in [2.75, 3.05) is 32.7 Å². The lowest BCUT2D eigenvalue weighted by atomic mass is 9.86. The first-order valence-corrected chi connectivity index (χ1v) is 9.59. The Kier molecular flexibility index (Phi) is 5.95. The maximum atomic E-state index is 12.1. The highest BCUT2D eigenvalue weighted by atomic mass is 16.1. The lowest BCUT2D eigenvalue weighted by Gasteiger charge is -2.26. The fraction of sp³-hybridized carbons (Fsp3) is 0.600. The summed E-state index contributed by atoms with van der Waals surface area (Å²) in [6, 6.07) is 9.32. The molecule has 136 valence electrons. The van der Waals surface area contributed by atoms with Crippen LogP contribution in [0.25, 0.3) is 0 Å². The second-order valence-corrected chi connectivity index (χ2v) is 7.24. The Hall–Kier alpha value is -2.04. The van der Waals surface area contributed by atoms with Crippen molar-refractivity contribution >= 4 is 11.9 Å². The normalized spacial score (nSPS) is 19.4. The first-order chi connectivity index (χ1) is 12.2. The van der Waals surface area contributed by atoms with Crippen LogP contribution in [0.15, 0.2) is 35.3 Å². The molecule has 3 rings (SSSR count). The molecule has 1 heterocycles. The SMILES string of the molecule is CCNC(=NCCNC(=O)c1ccccc1)N1CCC2(CCCC2)C1. The zero-order valence-electron chi connectivity index (χ0n) is 15.3. The number of hydrogen-bond donors (Lipinski definition) is 2. The van der Waals surface area contributed by atoms with Crippen molar-refractivity contribution in [1.82, 2.24) is 15.5 Å². The standard InChI is InChI=1S/C20H30N4O/c1-2-21-19(24-15-12-20(16-24)10-6-7-11-20)23-14-13-22-18(25)17-8-4-3-5-9-17/h3-5,8-9H,2,6-7,10-16H2,1H3,(H,21,23)(H,22,25). The van der Waals surface area contributed by atoms with E-state index in [1.165, 1.54) is 32.1 Å². The van der Waals surface area contributed by atoms with Gasteiger partial charge in [-0.15, -0.1) is 0 Å². The van der Waals surface area contributed by atoms with Crippen molar-refractivity contribution in [1.29, 1.82) is 0 Å². The maximum absolute atomic E-state index is 12.1. The summed E-state index contributed by atoms with van der Waals surface area (Å²) in [6.07, 6.45) is 6.80. The molecule has 1 aromatic carbocycles. The van der Waals surface area contributed by atoms with Gasteiger partial charge >= 0.3 is 0 Å². The summed E-state index contributed by atoms with van der Waals surface area (Å²) in [5.74, 6) is 0.965. The van der Waals surface area contributed by atoms with E-state index in [1.54, 1.807) is 0 Å². The average Bonchev–Trinajstić information content (AvgIpc) is 3.28. The van der Waals surface area contributed by atoms with Crippen LogP contribution >= 0.6 is 0 Å². The van der Waals surface area contributed by atoms with Gasteiger partial charge in [-0.1, -0.05) is 31.0 Å². The first kappa shape index (κ1) is 17.8. The number of carbonyl (C=O) groups excluding carboxylic acids is 1. The Morgan fingerprint density at radius 1 is 1.16 bits per heavy atom. The number of hydrogen-bond acceptors (Lipinski definition) is 2. The monoisotopic (exact) mass is 342 g/mol. The maximum Gasteiger partial charge on any atom is 0.251 e. The van der Waals surface area contributed by atoms with Crippen LogP contribution in [0.1, 0.15) is 49.4 Å². The van der Waals surface area contributed by atoms with Crippen molar-refractivity contribution in [2.24, 2.45) is 10.4 Å². The highest BCUT2D eigenvalue weighted by Gasteiger charge is 2.41. The van der Waals surface area contributed by atoms with Crippen molar-refractivity contribution in [3.05, 3.63) is 35.9 Å². The molecule has 2 N–H and O–H groups in total. The van der Waals surface area contributed by atoms with Crippen molar-refractivity contribution in [3.63, 3.8) is 0 Å². The molecule has 1 amide bonds. The van der Waals surface area contributed by atoms with Gasteiger partial charge < -0.3 is 15.5 Å². The highest BCUT2D eigenvalue weighted by Crippen LogP contribution is 2.45. The minimum atomic E-state index is -0.0353. The topological polar surface area (TPSA) is 56.7 Å². The zero-order valence-corrected chi connectivity index (χ0v) is 15.3. The number of guanidine groups is 1. The number of carbonyl (C=O) groups is 1. The number of likely N-dealkylation sites (tertiary alicyclic amines) is 1. The molecule has 5 nitrogen and oxygen atoms in total. The molecular weight excluding hydrogens is 312 g/mol. The molecule has 5 heteroatoms. The van der Waals surface area contributed by atoms with Gasteiger partial charge in [-0.2, -0.15) is 0 Å². The second-order valence-electron chi connectivity index (χ2n) is 7.24. The van der Waals surface area contributed by atoms with Crippen LogP contribution in [0, 0.1) is 5.41 Å². The molecule has 2 aliphatic rings. The minimum absolute atomic E-state index is 0.0353. The second kappa shape index (κ2) is 8.37. The van der Waals surface area contributed by atoms with E-state index in [2.05, 4.69) is 22.5 Å². The van der Waals surface area contributed by atoms with Crippen LogP contribution in [0.5, 0.6) is 0 Å². The minimum Gasteiger partial charge on any atom is -0.357 e. The Balaban J connectivity index is 1.50. The van der Waals surface area contributed by atoms with Gasteiger partial charge in [-0.3, -0.25) is 9.79 Å². The number of aliphatic imine (C=N–C) groups is 1. The van der Waals surface area contributed by atoms with Crippen LogP contribution < -0.4 is 10.6 Å². The Morgan fingerprint density at radius 3 is 2.64 bits per heavy atom. The molecular formula is C20H30N4O. The quantitative estimate of drug-likeness (QED) is 0.491. The largest absolute Gasteiger partial charge is 0.357 e. The van der Waals surface area contributed by atoms with Gasteiger partial charge in [0.15, 0.2) is 5.96 Å². The Labute approximate surface area is 150 Å². The average molecular weight is 342 g/mol. The summed E-state index contributed by atoms with van der Waals surface area (Å²) in [5, 5.41) is 6.36. The van der Waals surface area contributed by atoms with E-state index in [0.717, 1.165) is 25.6 Å². The van der Waals surface area contributed by atoms with Crippen LogP contribution in [0.4, 0.5) is 0 Å². The van der Waals surface area contributed by atoms with Gasteiger partial charge in [0.2, 0.25) is 0 Å². The van der Waals surface area contributed by atoms with Crippen LogP contribution in [0.3, 0.4) is 0 Å². The van der Waals surface area contributed by atoms with Gasteiger partial charge in [0, 0.05) is 31.7 Å². The molecule has 0 atom stereocenters. The summed E-state index contributed by atoms with van der Waals surface area (Å²) in [5.41, 5.74) is 1.23. The summed E-state index contributed by atoms with van der Waals surface area (Å²) >= 11 is 0. The molecule has 0 bridgehead atoms. The van der Waals surface area contributed by atoms with Gasteiger partial charge in [-0.05, 0) is 43.7 Å². The van der Waals surface area contributed by atoms with Gasteiger partial charge in [-0.25, -0.2) is 0 Å². The summed E-state index contributed by atoms with van der Waals surface area (Å²) in [4.78, 5) is 19.2. The summed E-state index contributed by atoms with van der Waals surface area (Å²) < 4.78 is 0. The number of rotatable bonds is 5. The van der Waals surface area contributed by atoms with Gasteiger partial charge in [0.25, 0.3) is 5.91 Å². The number of nitrogens with one attached hydrogen (secondary N) is 2. The molecule has 1 spiro atoms. The molecule has 1 aliphatic heterocycles. The van der Waals surface area contributed by atoms with Crippen LogP contribution in [-0.4, -0.2) is 49.5 Å². The third-order valence-electron chi connectivity index (χ3n) is 5.43. The zero-order chi connectivity index (χ0) is 17.5. The van der Waals surface area contributed by atoms with E-state index in [-0.39, 0.29) is 5.91 Å². The van der Waals surface area contributed by atoms with E-state index < -0.39 is 0 Å². The molecule has 25 heavy (non-hydrogen) atoms. The van der Waals surface area contributed by atoms with E-state index >= 15 is 0 Å². The number of amides is 1. The number of nitrogens with zero attached hydrogens (tertiary/aromatic N) is 2. The molecule has 1 saturated heterocycles. The summed E-state index contributed by atoms with van der Waals surface area (Å²) in [6.45, 7) is 6.37. The van der Waals surface area contributed by atoms with Crippen molar-refractivity contribution in [3.8, 4) is 0 Å². The van der Waals surface area contributed by atoms with E-state index in [1.807, 2.05) is 30.3 Å². The third kappa shape index (κ3) is 4.53. The van der Waals surface area contributed by atoms with E-state index in [9.17, 15) is 4.79 Å². The van der Waals surface area contributed by atoms with Crippen molar-refractivity contribution < 1.29 is 4.79 Å². The lowest BCUT2D eigenvalue weighted by molar-refractivity contribution is 0.0955. The Bertz CT molecular complexity index is 593. The van der Waals surface area contributed by atoms with Crippen LogP contribution in [-0.2, 0) is 0 Å². The fourth-order valence-corrected chi connectivity index (χ4v) is 4.10. The Morgan fingerprint density at radius 2 is 1.92 bits per heavy atom. The molecule has 0 unspecified atom stereocenters. The van der Waals surface area contributed by atoms with Crippen molar-refractivity contribution in [2.45, 2.75) is 39.0 Å². The molecule has 0 radical (unpaired) electrons. The first-order valence-electron chi connectivity index (χ1n) is 9.59. The third-order valence-corrected chi connectivity index (χ3v) is 5.43.